The number of nitrogens with one attached hydrogen (secondary N) is 2. The first-order chi connectivity index (χ1) is 9.49. The normalized spacial score (nSPS) is 10.6. The van der Waals surface area contributed by atoms with Crippen LogP contribution in [0.4, 0.5) is 5.69 Å². The molecule has 2 aromatic heterocycles. The van der Waals surface area contributed by atoms with Gasteiger partial charge >= 0.3 is 0 Å². The molecular formula is C14H18N4O2. The predicted molar refractivity (Wildman–Crippen MR) is 76.7 cm³/mol. The van der Waals surface area contributed by atoms with Gasteiger partial charge in [0.05, 0.1) is 5.69 Å². The zero-order chi connectivity index (χ0) is 14.7. The zero-order valence-electron chi connectivity index (χ0n) is 11.9. The quantitative estimate of drug-likeness (QED) is 0.881. The molecule has 6 heteroatoms. The molecule has 0 aliphatic carbocycles. The standard InChI is InChI=1S/C14H18N4O2/c1-9-11(10(2)18(3)17-9)4-5-14(20)16-12-8-15-7-6-13(12)19/h6-8H,4-5H2,1-3H3,(H,15,19)(H,16,20). The summed E-state index contributed by atoms with van der Waals surface area (Å²) in [5, 5.41) is 6.93. The second-order valence-electron chi connectivity index (χ2n) is 4.74. The van der Waals surface area contributed by atoms with Gasteiger partial charge in [-0.3, -0.25) is 14.3 Å². The van der Waals surface area contributed by atoms with E-state index in [2.05, 4.69) is 15.4 Å². The van der Waals surface area contributed by atoms with E-state index < -0.39 is 0 Å². The molecule has 0 aromatic carbocycles. The summed E-state index contributed by atoms with van der Waals surface area (Å²) in [7, 11) is 1.88. The minimum Gasteiger partial charge on any atom is -0.366 e. The lowest BCUT2D eigenvalue weighted by atomic mass is 10.1. The van der Waals surface area contributed by atoms with Crippen molar-refractivity contribution in [2.24, 2.45) is 7.05 Å². The molecule has 0 bridgehead atoms. The molecule has 20 heavy (non-hydrogen) atoms. The fraction of sp³-hybridized carbons (Fsp3) is 0.357. The summed E-state index contributed by atoms with van der Waals surface area (Å²) in [4.78, 5) is 26.1. The molecule has 2 N–H and O–H groups in total. The van der Waals surface area contributed by atoms with Gasteiger partial charge in [0.2, 0.25) is 11.3 Å². The van der Waals surface area contributed by atoms with Crippen LogP contribution in [0.15, 0.2) is 23.3 Å². The van der Waals surface area contributed by atoms with E-state index >= 15 is 0 Å². The molecule has 2 rings (SSSR count). The van der Waals surface area contributed by atoms with Gasteiger partial charge in [0.1, 0.15) is 5.69 Å². The van der Waals surface area contributed by atoms with E-state index in [-0.39, 0.29) is 17.0 Å². The number of aromatic amines is 1. The predicted octanol–water partition coefficient (Wildman–Crippen LogP) is 1.30. The number of anilines is 1. The molecule has 0 fully saturated rings. The van der Waals surface area contributed by atoms with Crippen LogP contribution in [0, 0.1) is 13.8 Å². The maximum atomic E-state index is 11.9. The van der Waals surface area contributed by atoms with Crippen molar-refractivity contribution < 1.29 is 4.79 Å². The van der Waals surface area contributed by atoms with Gasteiger partial charge in [-0.05, 0) is 25.8 Å². The molecule has 6 nitrogen and oxygen atoms in total. The molecule has 0 aliphatic heterocycles. The van der Waals surface area contributed by atoms with Gasteiger partial charge in [0.15, 0.2) is 0 Å². The van der Waals surface area contributed by atoms with Crippen molar-refractivity contribution in [2.75, 3.05) is 5.32 Å². The third-order valence-electron chi connectivity index (χ3n) is 3.36. The van der Waals surface area contributed by atoms with Gasteiger partial charge < -0.3 is 10.3 Å². The number of carbonyl (C=O) groups excluding carboxylic acids is 1. The largest absolute Gasteiger partial charge is 0.366 e. The van der Waals surface area contributed by atoms with Gasteiger partial charge in [-0.1, -0.05) is 0 Å². The summed E-state index contributed by atoms with van der Waals surface area (Å²) >= 11 is 0. The van der Waals surface area contributed by atoms with E-state index in [1.807, 2.05) is 25.6 Å². The molecule has 2 aromatic rings. The van der Waals surface area contributed by atoms with E-state index in [1.54, 1.807) is 0 Å². The van der Waals surface area contributed by atoms with Crippen molar-refractivity contribution in [3.05, 3.63) is 45.6 Å². The van der Waals surface area contributed by atoms with Crippen molar-refractivity contribution in [3.63, 3.8) is 0 Å². The number of nitrogens with zero attached hydrogens (tertiary/aromatic N) is 2. The zero-order valence-corrected chi connectivity index (χ0v) is 11.9. The molecule has 0 aliphatic rings. The smallest absolute Gasteiger partial charge is 0.224 e. The Morgan fingerprint density at radius 2 is 2.20 bits per heavy atom. The van der Waals surface area contributed by atoms with Crippen LogP contribution in [0.25, 0.3) is 0 Å². The summed E-state index contributed by atoms with van der Waals surface area (Å²) in [6.45, 7) is 3.91. The average Bonchev–Trinajstić information content (AvgIpc) is 2.64. The van der Waals surface area contributed by atoms with E-state index in [0.29, 0.717) is 12.8 Å². The highest BCUT2D eigenvalue weighted by molar-refractivity contribution is 5.90. The average molecular weight is 274 g/mol. The fourth-order valence-electron chi connectivity index (χ4n) is 2.14. The number of pyridine rings is 1. The monoisotopic (exact) mass is 274 g/mol. The van der Waals surface area contributed by atoms with Crippen molar-refractivity contribution in [3.8, 4) is 0 Å². The summed E-state index contributed by atoms with van der Waals surface area (Å²) in [6, 6.07) is 1.38. The number of hydrogen-bond donors (Lipinski definition) is 2. The van der Waals surface area contributed by atoms with Crippen LogP contribution in [0.5, 0.6) is 0 Å². The second kappa shape index (κ2) is 5.73. The Bertz CT molecular complexity index is 685. The molecule has 0 unspecified atom stereocenters. The number of rotatable bonds is 4. The Labute approximate surface area is 116 Å². The minimum absolute atomic E-state index is 0.177. The third-order valence-corrected chi connectivity index (χ3v) is 3.36. The van der Waals surface area contributed by atoms with Crippen LogP contribution in [-0.2, 0) is 18.3 Å². The maximum absolute atomic E-state index is 11.9. The Hall–Kier alpha value is -2.37. The molecule has 2 heterocycles. The molecule has 0 saturated heterocycles. The van der Waals surface area contributed by atoms with Gasteiger partial charge in [0.25, 0.3) is 0 Å². The first-order valence-electron chi connectivity index (χ1n) is 6.45. The Balaban J connectivity index is 1.99. The highest BCUT2D eigenvalue weighted by atomic mass is 16.2. The third kappa shape index (κ3) is 2.96. The number of aryl methyl sites for hydroxylation is 2. The topological polar surface area (TPSA) is 79.8 Å². The van der Waals surface area contributed by atoms with Crippen LogP contribution in [0.3, 0.4) is 0 Å². The van der Waals surface area contributed by atoms with Crippen molar-refractivity contribution in [1.29, 1.82) is 0 Å². The molecule has 106 valence electrons. The van der Waals surface area contributed by atoms with Crippen LogP contribution in [0.1, 0.15) is 23.4 Å². The van der Waals surface area contributed by atoms with Gasteiger partial charge in [-0.25, -0.2) is 0 Å². The van der Waals surface area contributed by atoms with E-state index in [1.165, 1.54) is 18.5 Å². The number of carbonyl (C=O) groups is 1. The number of aromatic nitrogens is 3. The number of amides is 1. The van der Waals surface area contributed by atoms with Gasteiger partial charge in [-0.2, -0.15) is 5.10 Å². The fourth-order valence-corrected chi connectivity index (χ4v) is 2.14. The van der Waals surface area contributed by atoms with E-state index in [0.717, 1.165) is 17.0 Å². The van der Waals surface area contributed by atoms with E-state index in [9.17, 15) is 9.59 Å². The molecular weight excluding hydrogens is 256 g/mol. The Morgan fingerprint density at radius 1 is 1.45 bits per heavy atom. The lowest BCUT2D eigenvalue weighted by molar-refractivity contribution is -0.116. The maximum Gasteiger partial charge on any atom is 0.224 e. The Kier molecular flexibility index (Phi) is 4.02. The van der Waals surface area contributed by atoms with Crippen molar-refractivity contribution >= 4 is 11.6 Å². The lowest BCUT2D eigenvalue weighted by Gasteiger charge is -2.04. The minimum atomic E-state index is -0.203. The van der Waals surface area contributed by atoms with Crippen LogP contribution in [-0.4, -0.2) is 20.7 Å². The van der Waals surface area contributed by atoms with Gasteiger partial charge in [-0.15, -0.1) is 0 Å². The highest BCUT2D eigenvalue weighted by Crippen LogP contribution is 2.14. The van der Waals surface area contributed by atoms with Crippen LogP contribution in [0.2, 0.25) is 0 Å². The summed E-state index contributed by atoms with van der Waals surface area (Å²) in [5.74, 6) is -0.177. The van der Waals surface area contributed by atoms with E-state index in [4.69, 9.17) is 0 Å². The lowest BCUT2D eigenvalue weighted by Crippen LogP contribution is -2.18. The molecule has 1 amide bonds. The highest BCUT2D eigenvalue weighted by Gasteiger charge is 2.12. The number of H-pyrrole nitrogens is 1. The van der Waals surface area contributed by atoms with Crippen molar-refractivity contribution in [2.45, 2.75) is 26.7 Å². The van der Waals surface area contributed by atoms with Crippen molar-refractivity contribution in [1.82, 2.24) is 14.8 Å². The summed E-state index contributed by atoms with van der Waals surface area (Å²) in [5.41, 5.74) is 3.16. The molecule has 0 spiro atoms. The van der Waals surface area contributed by atoms with Crippen LogP contribution < -0.4 is 10.7 Å². The van der Waals surface area contributed by atoms with Crippen LogP contribution >= 0.6 is 0 Å². The summed E-state index contributed by atoms with van der Waals surface area (Å²) < 4.78 is 1.81. The molecule has 0 atom stereocenters. The Morgan fingerprint density at radius 3 is 2.80 bits per heavy atom. The molecule has 0 radical (unpaired) electrons. The SMILES string of the molecule is Cc1nn(C)c(C)c1CCC(=O)Nc1c[nH]ccc1=O. The second-order valence-corrected chi connectivity index (χ2v) is 4.74. The first-order valence-corrected chi connectivity index (χ1v) is 6.45. The molecule has 0 saturated carbocycles. The number of hydrogen-bond acceptors (Lipinski definition) is 3. The van der Waals surface area contributed by atoms with Gasteiger partial charge in [0, 0.05) is 37.6 Å². The summed E-state index contributed by atoms with van der Waals surface area (Å²) in [6.07, 6.45) is 3.95. The first kappa shape index (κ1) is 14.0.